The summed E-state index contributed by atoms with van der Waals surface area (Å²) in [5, 5.41) is 3.84. The average molecular weight is 456 g/mol. The Labute approximate surface area is 198 Å². The predicted molar refractivity (Wildman–Crippen MR) is 133 cm³/mol. The van der Waals surface area contributed by atoms with Crippen LogP contribution in [-0.4, -0.2) is 39.2 Å². The first-order valence-corrected chi connectivity index (χ1v) is 11.4. The summed E-state index contributed by atoms with van der Waals surface area (Å²) in [6.07, 6.45) is 6.94. The Morgan fingerprint density at radius 1 is 0.848 bits per heavy atom. The number of unbranched alkanes of at least 4 members (excludes halogenated alkanes) is 2. The number of rotatable bonds is 15. The minimum absolute atomic E-state index is 0.377. The van der Waals surface area contributed by atoms with Gasteiger partial charge >= 0.3 is 0 Å². The lowest BCUT2D eigenvalue weighted by molar-refractivity contribution is 0.209. The molecule has 0 aliphatic carbocycles. The van der Waals surface area contributed by atoms with Crippen LogP contribution in [-0.2, 0) is 4.84 Å². The maximum Gasteiger partial charge on any atom is 0.129 e. The molecule has 0 saturated heterocycles. The van der Waals surface area contributed by atoms with E-state index in [0.717, 1.165) is 59.1 Å². The van der Waals surface area contributed by atoms with Crippen LogP contribution >= 0.6 is 0 Å². The number of benzene rings is 2. The van der Waals surface area contributed by atoms with Crippen LogP contribution in [0.1, 0.15) is 44.2 Å². The smallest absolute Gasteiger partial charge is 0.129 e. The minimum atomic E-state index is 0.377. The Bertz CT molecular complexity index is 884. The molecular formula is C27H37NO5. The number of allylic oxidation sites excluding steroid dienone is 1. The Morgan fingerprint density at radius 2 is 1.52 bits per heavy atom. The Morgan fingerprint density at radius 3 is 2.18 bits per heavy atom. The molecule has 0 aromatic heterocycles. The van der Waals surface area contributed by atoms with E-state index in [0.29, 0.717) is 26.4 Å². The van der Waals surface area contributed by atoms with Gasteiger partial charge in [0.2, 0.25) is 0 Å². The number of hydrogen-bond donors (Lipinski definition) is 0. The van der Waals surface area contributed by atoms with Crippen molar-refractivity contribution < 1.29 is 23.8 Å². The number of nitrogens with zero attached hydrogens (tertiary/aromatic N) is 1. The van der Waals surface area contributed by atoms with Crippen molar-refractivity contribution >= 4 is 5.71 Å². The molecule has 0 spiro atoms. The van der Waals surface area contributed by atoms with Crippen molar-refractivity contribution in [1.29, 1.82) is 0 Å². The van der Waals surface area contributed by atoms with Crippen molar-refractivity contribution in [1.82, 2.24) is 0 Å². The first-order chi connectivity index (χ1) is 16.0. The molecule has 0 heterocycles. The van der Waals surface area contributed by atoms with Gasteiger partial charge in [-0.1, -0.05) is 23.4 Å². The second-order valence-electron chi connectivity index (χ2n) is 7.80. The standard InChI is InChI=1S/C27H37NO5/c1-6-7-14-31-26-17-21(2)27(22(3)18-26)32-16-10-8-9-15-30-24-12-11-13-25(19-24)33-20-23(4)28-29-5/h6-7,11-13,17-19H,8-10,14-16,20H2,1-5H3/b7-6+,28-23?. The van der Waals surface area contributed by atoms with Gasteiger partial charge in [0.1, 0.15) is 43.3 Å². The van der Waals surface area contributed by atoms with E-state index < -0.39 is 0 Å². The molecule has 0 N–H and O–H groups in total. The fourth-order valence-electron chi connectivity index (χ4n) is 3.23. The lowest BCUT2D eigenvalue weighted by Crippen LogP contribution is -2.08. The highest BCUT2D eigenvalue weighted by Crippen LogP contribution is 2.28. The highest BCUT2D eigenvalue weighted by atomic mass is 16.6. The maximum atomic E-state index is 6.05. The predicted octanol–water partition coefficient (Wildman–Crippen LogP) is 6.29. The molecule has 33 heavy (non-hydrogen) atoms. The van der Waals surface area contributed by atoms with Crippen molar-refractivity contribution in [2.45, 2.75) is 47.0 Å². The molecule has 0 saturated carbocycles. The molecule has 6 heteroatoms. The third-order valence-corrected chi connectivity index (χ3v) is 4.82. The van der Waals surface area contributed by atoms with Crippen LogP contribution in [0, 0.1) is 13.8 Å². The fourth-order valence-corrected chi connectivity index (χ4v) is 3.23. The second-order valence-corrected chi connectivity index (χ2v) is 7.80. The molecule has 0 aliphatic heterocycles. The largest absolute Gasteiger partial charge is 0.493 e. The highest BCUT2D eigenvalue weighted by Gasteiger charge is 2.07. The zero-order valence-corrected chi connectivity index (χ0v) is 20.6. The van der Waals surface area contributed by atoms with E-state index >= 15 is 0 Å². The van der Waals surface area contributed by atoms with Gasteiger partial charge in [0.15, 0.2) is 0 Å². The third kappa shape index (κ3) is 9.89. The van der Waals surface area contributed by atoms with E-state index in [1.165, 1.54) is 7.11 Å². The summed E-state index contributed by atoms with van der Waals surface area (Å²) in [5.74, 6) is 3.37. The van der Waals surface area contributed by atoms with Crippen LogP contribution < -0.4 is 18.9 Å². The summed E-state index contributed by atoms with van der Waals surface area (Å²) < 4.78 is 23.3. The minimum Gasteiger partial charge on any atom is -0.493 e. The molecule has 0 radical (unpaired) electrons. The fraction of sp³-hybridized carbons (Fsp3) is 0.444. The summed E-state index contributed by atoms with van der Waals surface area (Å²) >= 11 is 0. The Balaban J connectivity index is 1.66. The van der Waals surface area contributed by atoms with Crippen LogP contribution in [0.2, 0.25) is 0 Å². The van der Waals surface area contributed by atoms with Gasteiger partial charge in [0.05, 0.1) is 18.9 Å². The Hall–Kier alpha value is -3.15. The highest BCUT2D eigenvalue weighted by molar-refractivity contribution is 5.82. The van der Waals surface area contributed by atoms with Crippen LogP contribution in [0.4, 0.5) is 0 Å². The van der Waals surface area contributed by atoms with Crippen molar-refractivity contribution in [3.63, 3.8) is 0 Å². The third-order valence-electron chi connectivity index (χ3n) is 4.82. The van der Waals surface area contributed by atoms with E-state index in [2.05, 4.69) is 19.0 Å². The number of aryl methyl sites for hydroxylation is 2. The topological polar surface area (TPSA) is 58.5 Å². The van der Waals surface area contributed by atoms with Gasteiger partial charge in [-0.05, 0) is 82.3 Å². The molecule has 0 aliphatic rings. The second kappa shape index (κ2) is 14.8. The monoisotopic (exact) mass is 455 g/mol. The van der Waals surface area contributed by atoms with Gasteiger partial charge in [-0.3, -0.25) is 0 Å². The van der Waals surface area contributed by atoms with Crippen molar-refractivity contribution in [2.24, 2.45) is 5.16 Å². The molecule has 6 nitrogen and oxygen atoms in total. The van der Waals surface area contributed by atoms with Gasteiger partial charge < -0.3 is 23.8 Å². The molecule has 2 aromatic carbocycles. The maximum absolute atomic E-state index is 6.05. The summed E-state index contributed by atoms with van der Waals surface area (Å²) in [6.45, 7) is 10.3. The molecule has 0 amide bonds. The lowest BCUT2D eigenvalue weighted by atomic mass is 10.1. The van der Waals surface area contributed by atoms with Crippen LogP contribution in [0.25, 0.3) is 0 Å². The van der Waals surface area contributed by atoms with Gasteiger partial charge in [0, 0.05) is 6.07 Å². The molecular weight excluding hydrogens is 418 g/mol. The molecule has 0 bridgehead atoms. The van der Waals surface area contributed by atoms with E-state index in [4.69, 9.17) is 23.8 Å². The zero-order chi connectivity index (χ0) is 23.9. The van der Waals surface area contributed by atoms with E-state index in [9.17, 15) is 0 Å². The van der Waals surface area contributed by atoms with Gasteiger partial charge in [0.25, 0.3) is 0 Å². The summed E-state index contributed by atoms with van der Waals surface area (Å²) in [7, 11) is 1.52. The number of oxime groups is 1. The molecule has 2 aromatic rings. The summed E-state index contributed by atoms with van der Waals surface area (Å²) in [5.41, 5.74) is 2.96. The first-order valence-electron chi connectivity index (χ1n) is 11.4. The van der Waals surface area contributed by atoms with Gasteiger partial charge in [-0.2, -0.15) is 0 Å². The van der Waals surface area contributed by atoms with E-state index in [-0.39, 0.29) is 0 Å². The molecule has 2 rings (SSSR count). The van der Waals surface area contributed by atoms with Crippen molar-refractivity contribution in [2.75, 3.05) is 33.5 Å². The van der Waals surface area contributed by atoms with Gasteiger partial charge in [-0.25, -0.2) is 0 Å². The zero-order valence-electron chi connectivity index (χ0n) is 20.6. The number of hydrogen-bond acceptors (Lipinski definition) is 6. The van der Waals surface area contributed by atoms with E-state index in [1.807, 2.05) is 62.4 Å². The van der Waals surface area contributed by atoms with Crippen LogP contribution in [0.5, 0.6) is 23.0 Å². The Kier molecular flexibility index (Phi) is 11.7. The molecule has 0 fully saturated rings. The van der Waals surface area contributed by atoms with Crippen molar-refractivity contribution in [3.05, 3.63) is 59.7 Å². The molecule has 180 valence electrons. The van der Waals surface area contributed by atoms with Crippen molar-refractivity contribution in [3.8, 4) is 23.0 Å². The van der Waals surface area contributed by atoms with Crippen LogP contribution in [0.15, 0.2) is 53.7 Å². The average Bonchev–Trinajstić information content (AvgIpc) is 2.79. The SMILES string of the molecule is C/C=C/COc1cc(C)c(OCCCCCOc2cccc(OCC(C)=NOC)c2)c(C)c1. The summed E-state index contributed by atoms with van der Waals surface area (Å²) in [4.78, 5) is 4.73. The van der Waals surface area contributed by atoms with E-state index in [1.54, 1.807) is 0 Å². The quantitative estimate of drug-likeness (QED) is 0.137. The number of ether oxygens (including phenoxy) is 4. The molecule has 0 atom stereocenters. The first kappa shape index (κ1) is 26.1. The molecule has 0 unspecified atom stereocenters. The summed E-state index contributed by atoms with van der Waals surface area (Å²) in [6, 6.07) is 11.7. The van der Waals surface area contributed by atoms with Crippen LogP contribution in [0.3, 0.4) is 0 Å². The lowest BCUT2D eigenvalue weighted by Gasteiger charge is -2.14. The van der Waals surface area contributed by atoms with Gasteiger partial charge in [-0.15, -0.1) is 0 Å². The normalized spacial score (nSPS) is 11.5.